The summed E-state index contributed by atoms with van der Waals surface area (Å²) >= 11 is 0. The molecule has 2 aliphatic heterocycles. The van der Waals surface area contributed by atoms with Crippen molar-refractivity contribution in [3.63, 3.8) is 0 Å². The van der Waals surface area contributed by atoms with Crippen LogP contribution in [0.2, 0.25) is 0 Å². The van der Waals surface area contributed by atoms with Crippen LogP contribution in [-0.4, -0.2) is 49.6 Å². The van der Waals surface area contributed by atoms with Crippen LogP contribution in [0.15, 0.2) is 18.2 Å². The molecule has 3 aliphatic rings. The maximum atomic E-state index is 13.3. The molecular weight excluding hydrogens is 344 g/mol. The van der Waals surface area contributed by atoms with Crippen molar-refractivity contribution in [1.82, 2.24) is 4.90 Å². The number of rotatable bonds is 4. The number of carbonyl (C=O) groups is 2. The normalized spacial score (nSPS) is 29.0. The predicted octanol–water partition coefficient (Wildman–Crippen LogP) is 2.99. The molecular formula is C21H28N2O4. The molecule has 0 N–H and O–H groups in total. The van der Waals surface area contributed by atoms with Crippen LogP contribution in [0.3, 0.4) is 0 Å². The van der Waals surface area contributed by atoms with Crippen molar-refractivity contribution in [2.24, 2.45) is 5.92 Å². The molecule has 1 aromatic rings. The number of amides is 2. The minimum atomic E-state index is -0.333. The van der Waals surface area contributed by atoms with Gasteiger partial charge in [-0.05, 0) is 38.1 Å². The second-order valence-corrected chi connectivity index (χ2v) is 7.85. The van der Waals surface area contributed by atoms with Crippen molar-refractivity contribution in [2.45, 2.75) is 57.0 Å². The van der Waals surface area contributed by atoms with Gasteiger partial charge >= 0.3 is 0 Å². The molecule has 6 nitrogen and oxygen atoms in total. The summed E-state index contributed by atoms with van der Waals surface area (Å²) in [5, 5.41) is 0. The minimum absolute atomic E-state index is 0.110. The van der Waals surface area contributed by atoms with Gasteiger partial charge in [0.2, 0.25) is 5.91 Å². The molecule has 0 spiro atoms. The number of carbonyl (C=O) groups excluding carboxylic acids is 2. The largest absolute Gasteiger partial charge is 0.497 e. The standard InChI is InChI=1S/C21H28N2O4/c1-26-16-10-15(11-17(12-16)27-2)23-20(24)13-19(21(23)25)22-9-5-7-14-6-3-4-8-18(14)22/h10-12,14,18-19H,3-9,13H2,1-2H3/t14-,18+,19+/m1/s1. The minimum Gasteiger partial charge on any atom is -0.497 e. The SMILES string of the molecule is COc1cc(OC)cc(N2C(=O)C[C@H](N3CCC[C@H]4CCCC[C@@H]43)C2=O)c1. The summed E-state index contributed by atoms with van der Waals surface area (Å²) in [6, 6.07) is 5.30. The second-order valence-electron chi connectivity index (χ2n) is 7.85. The Hall–Kier alpha value is -2.08. The molecule has 4 rings (SSSR count). The number of hydrogen-bond acceptors (Lipinski definition) is 5. The van der Waals surface area contributed by atoms with Gasteiger partial charge in [0.25, 0.3) is 5.91 Å². The highest BCUT2D eigenvalue weighted by Gasteiger charge is 2.47. The topological polar surface area (TPSA) is 59.1 Å². The lowest BCUT2D eigenvalue weighted by Gasteiger charge is -2.46. The van der Waals surface area contributed by atoms with Crippen molar-refractivity contribution in [1.29, 1.82) is 0 Å². The first kappa shape index (κ1) is 18.3. The monoisotopic (exact) mass is 372 g/mol. The summed E-state index contributed by atoms with van der Waals surface area (Å²) in [6.45, 7) is 0.917. The number of ether oxygens (including phenoxy) is 2. The van der Waals surface area contributed by atoms with Crippen molar-refractivity contribution in [3.8, 4) is 11.5 Å². The van der Waals surface area contributed by atoms with Gasteiger partial charge in [-0.3, -0.25) is 14.5 Å². The van der Waals surface area contributed by atoms with Crippen LogP contribution < -0.4 is 14.4 Å². The fraction of sp³-hybridized carbons (Fsp3) is 0.619. The van der Waals surface area contributed by atoms with E-state index in [1.165, 1.54) is 30.6 Å². The van der Waals surface area contributed by atoms with Crippen molar-refractivity contribution in [2.75, 3.05) is 25.7 Å². The van der Waals surface area contributed by atoms with Crippen LogP contribution in [0, 0.1) is 5.92 Å². The average Bonchev–Trinajstić information content (AvgIpc) is 3.00. The van der Waals surface area contributed by atoms with E-state index >= 15 is 0 Å². The van der Waals surface area contributed by atoms with E-state index in [1.54, 1.807) is 32.4 Å². The molecule has 0 aromatic heterocycles. The Kier molecular flexibility index (Phi) is 5.08. The number of imide groups is 1. The number of nitrogens with zero attached hydrogens (tertiary/aromatic N) is 2. The first-order valence-electron chi connectivity index (χ1n) is 9.98. The lowest BCUT2D eigenvalue weighted by Crippen LogP contribution is -2.54. The van der Waals surface area contributed by atoms with Gasteiger partial charge in [0.15, 0.2) is 0 Å². The van der Waals surface area contributed by atoms with Gasteiger partial charge in [-0.1, -0.05) is 12.8 Å². The highest BCUT2D eigenvalue weighted by molar-refractivity contribution is 6.22. The Bertz CT molecular complexity index is 711. The van der Waals surface area contributed by atoms with E-state index in [1.807, 2.05) is 0 Å². The molecule has 27 heavy (non-hydrogen) atoms. The van der Waals surface area contributed by atoms with E-state index in [0.717, 1.165) is 19.4 Å². The fourth-order valence-electron chi connectivity index (χ4n) is 5.12. The molecule has 146 valence electrons. The Morgan fingerprint density at radius 2 is 1.59 bits per heavy atom. The van der Waals surface area contributed by atoms with Gasteiger partial charge in [-0.15, -0.1) is 0 Å². The van der Waals surface area contributed by atoms with Crippen molar-refractivity contribution < 1.29 is 19.1 Å². The number of likely N-dealkylation sites (tertiary alicyclic amines) is 1. The van der Waals surface area contributed by atoms with Crippen LogP contribution in [0.5, 0.6) is 11.5 Å². The summed E-state index contributed by atoms with van der Waals surface area (Å²) < 4.78 is 10.6. The number of anilines is 1. The highest BCUT2D eigenvalue weighted by atomic mass is 16.5. The molecule has 0 unspecified atom stereocenters. The van der Waals surface area contributed by atoms with E-state index in [2.05, 4.69) is 4.90 Å². The van der Waals surface area contributed by atoms with Gasteiger partial charge in [0.1, 0.15) is 11.5 Å². The third-order valence-corrected chi connectivity index (χ3v) is 6.40. The molecule has 3 fully saturated rings. The van der Waals surface area contributed by atoms with Crippen LogP contribution in [-0.2, 0) is 9.59 Å². The quantitative estimate of drug-likeness (QED) is 0.761. The molecule has 3 atom stereocenters. The van der Waals surface area contributed by atoms with Gasteiger partial charge in [0.05, 0.1) is 32.4 Å². The van der Waals surface area contributed by atoms with Gasteiger partial charge in [-0.2, -0.15) is 0 Å². The predicted molar refractivity (Wildman–Crippen MR) is 102 cm³/mol. The molecule has 1 aliphatic carbocycles. The third-order valence-electron chi connectivity index (χ3n) is 6.40. The van der Waals surface area contributed by atoms with Crippen molar-refractivity contribution >= 4 is 17.5 Å². The van der Waals surface area contributed by atoms with Gasteiger partial charge in [0, 0.05) is 24.2 Å². The van der Waals surface area contributed by atoms with E-state index < -0.39 is 0 Å². The smallest absolute Gasteiger partial charge is 0.251 e. The van der Waals surface area contributed by atoms with Crippen LogP contribution in [0.1, 0.15) is 44.9 Å². The number of piperidine rings is 1. The first-order chi connectivity index (χ1) is 13.1. The summed E-state index contributed by atoms with van der Waals surface area (Å²) in [5.41, 5.74) is 0.529. The van der Waals surface area contributed by atoms with Crippen LogP contribution in [0.25, 0.3) is 0 Å². The van der Waals surface area contributed by atoms with Gasteiger partial charge < -0.3 is 9.47 Å². The zero-order chi connectivity index (χ0) is 19.0. The molecule has 1 aromatic carbocycles. The zero-order valence-electron chi connectivity index (χ0n) is 16.1. The summed E-state index contributed by atoms with van der Waals surface area (Å²) in [5.74, 6) is 1.57. The Morgan fingerprint density at radius 1 is 0.926 bits per heavy atom. The van der Waals surface area contributed by atoms with E-state index in [4.69, 9.17) is 9.47 Å². The third kappa shape index (κ3) is 3.31. The molecule has 1 saturated carbocycles. The van der Waals surface area contributed by atoms with Gasteiger partial charge in [-0.25, -0.2) is 4.90 Å². The number of benzene rings is 1. The molecule has 6 heteroatoms. The zero-order valence-corrected chi connectivity index (χ0v) is 16.1. The lowest BCUT2D eigenvalue weighted by atomic mass is 9.77. The van der Waals surface area contributed by atoms with E-state index in [0.29, 0.717) is 29.1 Å². The van der Waals surface area contributed by atoms with Crippen molar-refractivity contribution in [3.05, 3.63) is 18.2 Å². The summed E-state index contributed by atoms with van der Waals surface area (Å²) in [7, 11) is 3.12. The maximum absolute atomic E-state index is 13.3. The molecule has 2 saturated heterocycles. The Balaban J connectivity index is 1.60. The molecule has 2 heterocycles. The Labute approximate surface area is 160 Å². The lowest BCUT2D eigenvalue weighted by molar-refractivity contribution is -0.124. The average molecular weight is 372 g/mol. The van der Waals surface area contributed by atoms with Crippen LogP contribution >= 0.6 is 0 Å². The first-order valence-corrected chi connectivity index (χ1v) is 9.98. The molecule has 0 bridgehead atoms. The summed E-state index contributed by atoms with van der Waals surface area (Å²) in [4.78, 5) is 29.7. The van der Waals surface area contributed by atoms with Crippen LogP contribution in [0.4, 0.5) is 5.69 Å². The number of hydrogen-bond donors (Lipinski definition) is 0. The Morgan fingerprint density at radius 3 is 2.30 bits per heavy atom. The highest BCUT2D eigenvalue weighted by Crippen LogP contribution is 2.39. The number of methoxy groups -OCH3 is 2. The molecule has 2 amide bonds. The molecule has 0 radical (unpaired) electrons. The van der Waals surface area contributed by atoms with E-state index in [-0.39, 0.29) is 24.3 Å². The van der Waals surface area contributed by atoms with E-state index in [9.17, 15) is 9.59 Å². The summed E-state index contributed by atoms with van der Waals surface area (Å²) in [6.07, 6.45) is 7.56. The number of fused-ring (bicyclic) bond motifs is 1. The fourth-order valence-corrected chi connectivity index (χ4v) is 5.12. The second kappa shape index (κ2) is 7.50. The maximum Gasteiger partial charge on any atom is 0.251 e.